The van der Waals surface area contributed by atoms with Crippen molar-refractivity contribution in [3.05, 3.63) is 83.5 Å². The lowest BCUT2D eigenvalue weighted by atomic mass is 10.1. The van der Waals surface area contributed by atoms with Crippen molar-refractivity contribution >= 4 is 50.0 Å². The van der Waals surface area contributed by atoms with Gasteiger partial charge in [0.1, 0.15) is 10.6 Å². The Labute approximate surface area is 215 Å². The molecule has 8 nitrogen and oxygen atoms in total. The second-order valence-electron chi connectivity index (χ2n) is 8.34. The molecule has 3 aromatic rings. The molecule has 0 aliphatic heterocycles. The summed E-state index contributed by atoms with van der Waals surface area (Å²) >= 11 is 4.46. The number of halogens is 1. The number of aromatic nitrogens is 2. The van der Waals surface area contributed by atoms with Crippen LogP contribution in [-0.4, -0.2) is 30.9 Å². The molecule has 0 fully saturated rings. The first-order valence-corrected chi connectivity index (χ1v) is 12.5. The van der Waals surface area contributed by atoms with Gasteiger partial charge in [-0.05, 0) is 74.2 Å². The van der Waals surface area contributed by atoms with Gasteiger partial charge >= 0.3 is 5.69 Å². The van der Waals surface area contributed by atoms with E-state index in [-0.39, 0.29) is 22.3 Å². The maximum atomic E-state index is 13.0. The van der Waals surface area contributed by atoms with Crippen molar-refractivity contribution < 1.29 is 9.90 Å². The molecular weight excluding hydrogens is 532 g/mol. The van der Waals surface area contributed by atoms with Crippen molar-refractivity contribution in [1.82, 2.24) is 9.13 Å². The van der Waals surface area contributed by atoms with Crippen molar-refractivity contribution in [2.75, 3.05) is 11.1 Å². The highest BCUT2D eigenvalue weighted by Crippen LogP contribution is 2.27. The predicted octanol–water partition coefficient (Wildman–Crippen LogP) is 4.24. The zero-order valence-corrected chi connectivity index (χ0v) is 22.8. The van der Waals surface area contributed by atoms with Crippen LogP contribution >= 0.6 is 27.7 Å². The van der Waals surface area contributed by atoms with Gasteiger partial charge in [-0.3, -0.25) is 18.7 Å². The number of benzene rings is 2. The number of aryl methyl sites for hydroxylation is 4. The molecule has 1 amide bonds. The summed E-state index contributed by atoms with van der Waals surface area (Å²) in [6.07, 6.45) is 0. The number of thioether (sulfide) groups is 1. The van der Waals surface area contributed by atoms with E-state index in [2.05, 4.69) is 26.2 Å². The van der Waals surface area contributed by atoms with Crippen LogP contribution in [0.3, 0.4) is 0 Å². The van der Waals surface area contributed by atoms with Crippen LogP contribution in [0.5, 0.6) is 5.88 Å². The molecule has 0 spiro atoms. The van der Waals surface area contributed by atoms with Crippen LogP contribution in [-0.2, 0) is 18.9 Å². The second-order valence-corrected chi connectivity index (χ2v) is 10.2. The van der Waals surface area contributed by atoms with E-state index < -0.39 is 17.1 Å². The Morgan fingerprint density at radius 1 is 1.00 bits per heavy atom. The number of amides is 1. The Morgan fingerprint density at radius 2 is 1.63 bits per heavy atom. The van der Waals surface area contributed by atoms with Gasteiger partial charge in [0.2, 0.25) is 11.8 Å². The minimum atomic E-state index is -0.694. The summed E-state index contributed by atoms with van der Waals surface area (Å²) in [5, 5.41) is 13.7. The molecule has 1 heterocycles. The van der Waals surface area contributed by atoms with Gasteiger partial charge in [0.05, 0.1) is 11.4 Å². The summed E-state index contributed by atoms with van der Waals surface area (Å²) in [6.45, 7) is 7.72. The fourth-order valence-electron chi connectivity index (χ4n) is 3.51. The summed E-state index contributed by atoms with van der Waals surface area (Å²) in [6, 6.07) is 9.37. The van der Waals surface area contributed by atoms with Crippen molar-refractivity contribution in [1.29, 1.82) is 0 Å². The Bertz CT molecular complexity index is 1450. The van der Waals surface area contributed by atoms with Crippen molar-refractivity contribution in [3.63, 3.8) is 0 Å². The number of nitrogens with one attached hydrogen (secondary N) is 1. The average Bonchev–Trinajstić information content (AvgIpc) is 2.79. The van der Waals surface area contributed by atoms with Gasteiger partial charge in [-0.2, -0.15) is 0 Å². The number of aliphatic imine (C=N–C) groups is 1. The minimum Gasteiger partial charge on any atom is -0.494 e. The zero-order valence-electron chi connectivity index (χ0n) is 20.4. The molecule has 0 saturated heterocycles. The Morgan fingerprint density at radius 3 is 2.23 bits per heavy atom. The first kappa shape index (κ1) is 26.5. The smallest absolute Gasteiger partial charge is 0.333 e. The number of nitrogens with zero attached hydrogens (tertiary/aromatic N) is 3. The van der Waals surface area contributed by atoms with Gasteiger partial charge in [-0.1, -0.05) is 33.8 Å². The summed E-state index contributed by atoms with van der Waals surface area (Å²) < 4.78 is 2.80. The maximum Gasteiger partial charge on any atom is 0.333 e. The first-order chi connectivity index (χ1) is 16.4. The molecule has 2 N–H and O–H groups in total. The quantitative estimate of drug-likeness (QED) is 0.360. The van der Waals surface area contributed by atoms with Crippen LogP contribution in [0.4, 0.5) is 11.4 Å². The summed E-state index contributed by atoms with van der Waals surface area (Å²) in [5.74, 6) is -0.866. The molecule has 0 atom stereocenters. The molecule has 0 saturated carbocycles. The van der Waals surface area contributed by atoms with E-state index in [0.717, 1.165) is 47.6 Å². The van der Waals surface area contributed by atoms with Crippen LogP contribution < -0.4 is 16.6 Å². The Balaban J connectivity index is 2.02. The highest BCUT2D eigenvalue weighted by atomic mass is 79.9. The largest absolute Gasteiger partial charge is 0.494 e. The average molecular weight is 559 g/mol. The predicted molar refractivity (Wildman–Crippen MR) is 145 cm³/mol. The van der Waals surface area contributed by atoms with Gasteiger partial charge in [-0.15, -0.1) is 0 Å². The van der Waals surface area contributed by atoms with Crippen molar-refractivity contribution in [2.24, 2.45) is 19.1 Å². The summed E-state index contributed by atoms with van der Waals surface area (Å²) in [4.78, 5) is 42.6. The Kier molecular flexibility index (Phi) is 8.07. The summed E-state index contributed by atoms with van der Waals surface area (Å²) in [7, 11) is 2.70. The molecule has 1 aromatic heterocycles. The fourth-order valence-corrected chi connectivity index (χ4v) is 5.03. The standard InChI is InChI=1S/C25H27BrN4O4S/c1-13-7-8-18(11-14(13)2)27-22(20-23(32)29(5)25(34)30(6)24(20)33)35-12-19(31)28-21-15(3)9-17(26)10-16(21)4/h7-11,32H,12H2,1-6H3,(H,28,31). The molecule has 0 aliphatic carbocycles. The highest BCUT2D eigenvalue weighted by Gasteiger charge is 2.22. The highest BCUT2D eigenvalue weighted by molar-refractivity contribution is 9.10. The lowest BCUT2D eigenvalue weighted by Gasteiger charge is -2.14. The van der Waals surface area contributed by atoms with E-state index >= 15 is 0 Å². The van der Waals surface area contributed by atoms with Crippen LogP contribution in [0, 0.1) is 27.7 Å². The van der Waals surface area contributed by atoms with E-state index in [1.807, 2.05) is 52.0 Å². The third-order valence-electron chi connectivity index (χ3n) is 5.67. The number of rotatable bonds is 5. The number of hydrogen-bond donors (Lipinski definition) is 2. The fraction of sp³-hybridized carbons (Fsp3) is 0.280. The third kappa shape index (κ3) is 5.76. The molecule has 35 heavy (non-hydrogen) atoms. The SMILES string of the molecule is Cc1ccc(N=C(SCC(=O)Nc2c(C)cc(Br)cc2C)c2c(O)n(C)c(=O)n(C)c2=O)cc1C. The van der Waals surface area contributed by atoms with Crippen molar-refractivity contribution in [2.45, 2.75) is 27.7 Å². The van der Waals surface area contributed by atoms with E-state index in [4.69, 9.17) is 0 Å². The van der Waals surface area contributed by atoms with Crippen LogP contribution in [0.2, 0.25) is 0 Å². The molecule has 0 radical (unpaired) electrons. The number of carbonyl (C=O) groups excluding carboxylic acids is 1. The molecule has 0 unspecified atom stereocenters. The first-order valence-electron chi connectivity index (χ1n) is 10.8. The second kappa shape index (κ2) is 10.7. The van der Waals surface area contributed by atoms with E-state index in [0.29, 0.717) is 11.4 Å². The third-order valence-corrected chi connectivity index (χ3v) is 7.10. The zero-order chi connectivity index (χ0) is 26.0. The molecular formula is C25H27BrN4O4S. The number of carbonyl (C=O) groups is 1. The number of aromatic hydroxyl groups is 1. The van der Waals surface area contributed by atoms with Crippen molar-refractivity contribution in [3.8, 4) is 5.88 Å². The normalized spacial score (nSPS) is 11.6. The van der Waals surface area contributed by atoms with E-state index in [1.54, 1.807) is 6.07 Å². The van der Waals surface area contributed by atoms with Gasteiger partial charge in [0.15, 0.2) is 0 Å². The number of anilines is 1. The van der Waals surface area contributed by atoms with E-state index in [1.165, 1.54) is 14.1 Å². The summed E-state index contributed by atoms with van der Waals surface area (Å²) in [5.41, 5.74) is 3.68. The van der Waals surface area contributed by atoms with Crippen LogP contribution in [0.15, 0.2) is 49.4 Å². The lowest BCUT2D eigenvalue weighted by Crippen LogP contribution is -2.39. The molecule has 3 rings (SSSR count). The Hall–Kier alpha value is -3.11. The van der Waals surface area contributed by atoms with Gasteiger partial charge < -0.3 is 10.4 Å². The molecule has 0 bridgehead atoms. The van der Waals surface area contributed by atoms with Gasteiger partial charge in [-0.25, -0.2) is 9.79 Å². The van der Waals surface area contributed by atoms with Gasteiger partial charge in [0.25, 0.3) is 5.56 Å². The topological polar surface area (TPSA) is 106 Å². The molecule has 2 aromatic carbocycles. The molecule has 0 aliphatic rings. The van der Waals surface area contributed by atoms with Gasteiger partial charge in [0, 0.05) is 24.3 Å². The maximum absolute atomic E-state index is 13.0. The minimum absolute atomic E-state index is 0.0654. The van der Waals surface area contributed by atoms with Crippen LogP contribution in [0.25, 0.3) is 0 Å². The monoisotopic (exact) mass is 558 g/mol. The van der Waals surface area contributed by atoms with Crippen LogP contribution in [0.1, 0.15) is 27.8 Å². The lowest BCUT2D eigenvalue weighted by molar-refractivity contribution is -0.113. The number of hydrogen-bond acceptors (Lipinski definition) is 6. The van der Waals surface area contributed by atoms with E-state index in [9.17, 15) is 19.5 Å². The molecule has 184 valence electrons. The molecule has 10 heteroatoms.